The summed E-state index contributed by atoms with van der Waals surface area (Å²) in [5, 5.41) is 6.75. The summed E-state index contributed by atoms with van der Waals surface area (Å²) in [5.74, 6) is -0.630. The molecule has 1 aromatic carbocycles. The van der Waals surface area contributed by atoms with Crippen LogP contribution in [0.2, 0.25) is 0 Å². The van der Waals surface area contributed by atoms with Crippen molar-refractivity contribution in [1.82, 2.24) is 4.98 Å². The monoisotopic (exact) mass is 385 g/mol. The Morgan fingerprint density at radius 2 is 2.00 bits per heavy atom. The second kappa shape index (κ2) is 7.93. The molecule has 0 amide bonds. The van der Waals surface area contributed by atoms with Crippen LogP contribution in [0.15, 0.2) is 40.4 Å². The molecule has 2 aromatic heterocycles. The van der Waals surface area contributed by atoms with Crippen molar-refractivity contribution in [3.05, 3.63) is 62.8 Å². The standard InChI is InChI=1S/C20H19NO3S2/c1-12-4-5-13(2)17(8-12)19(23)14(3)24-18(22)9-16-11-26-20(21-16)15-6-7-25-10-15/h4-8,10-11,14H,9H2,1-3H3/t14-/m0/s1. The number of ketones is 1. The first kappa shape index (κ1) is 18.5. The van der Waals surface area contributed by atoms with E-state index in [-0.39, 0.29) is 12.2 Å². The van der Waals surface area contributed by atoms with Crippen LogP contribution >= 0.6 is 22.7 Å². The summed E-state index contributed by atoms with van der Waals surface area (Å²) in [6.07, 6.45) is -0.761. The minimum atomic E-state index is -0.821. The second-order valence-electron chi connectivity index (χ2n) is 6.15. The Morgan fingerprint density at radius 1 is 1.19 bits per heavy atom. The van der Waals surface area contributed by atoms with Crippen molar-refractivity contribution in [2.24, 2.45) is 0 Å². The molecule has 0 N–H and O–H groups in total. The SMILES string of the molecule is Cc1ccc(C)c(C(=O)[C@H](C)OC(=O)Cc2csc(-c3ccsc3)n2)c1. The highest BCUT2D eigenvalue weighted by Crippen LogP contribution is 2.26. The number of aromatic nitrogens is 1. The van der Waals surface area contributed by atoms with Crippen molar-refractivity contribution in [3.63, 3.8) is 0 Å². The first-order valence-electron chi connectivity index (χ1n) is 8.22. The van der Waals surface area contributed by atoms with Gasteiger partial charge in [-0.15, -0.1) is 11.3 Å². The quantitative estimate of drug-likeness (QED) is 0.450. The van der Waals surface area contributed by atoms with Crippen LogP contribution in [0, 0.1) is 13.8 Å². The van der Waals surface area contributed by atoms with E-state index >= 15 is 0 Å². The van der Waals surface area contributed by atoms with Gasteiger partial charge >= 0.3 is 5.97 Å². The Bertz CT molecular complexity index is 928. The molecule has 4 nitrogen and oxygen atoms in total. The molecular formula is C20H19NO3S2. The number of thiazole rings is 1. The van der Waals surface area contributed by atoms with Crippen LogP contribution in [0.5, 0.6) is 0 Å². The number of benzene rings is 1. The third-order valence-corrected chi connectivity index (χ3v) is 5.60. The summed E-state index contributed by atoms with van der Waals surface area (Å²) < 4.78 is 5.34. The van der Waals surface area contributed by atoms with Gasteiger partial charge in [0.15, 0.2) is 6.10 Å². The minimum absolute atomic E-state index is 0.0606. The fraction of sp³-hybridized carbons (Fsp3) is 0.250. The number of nitrogens with zero attached hydrogens (tertiary/aromatic N) is 1. The van der Waals surface area contributed by atoms with Crippen molar-refractivity contribution < 1.29 is 14.3 Å². The number of aryl methyl sites for hydroxylation is 2. The van der Waals surface area contributed by atoms with Crippen molar-refractivity contribution in [2.75, 3.05) is 0 Å². The molecule has 0 saturated heterocycles. The number of thiophene rings is 1. The Labute approximate surface area is 160 Å². The Balaban J connectivity index is 1.62. The molecule has 2 heterocycles. The number of carbonyl (C=O) groups excluding carboxylic acids is 2. The van der Waals surface area contributed by atoms with Crippen LogP contribution in [0.25, 0.3) is 10.6 Å². The lowest BCUT2D eigenvalue weighted by atomic mass is 9.99. The van der Waals surface area contributed by atoms with Gasteiger partial charge in [0.2, 0.25) is 5.78 Å². The number of Topliss-reactive ketones (excluding diaryl/α,β-unsaturated/α-hetero) is 1. The van der Waals surface area contributed by atoms with Gasteiger partial charge < -0.3 is 4.74 Å². The third kappa shape index (κ3) is 4.26. The molecule has 0 bridgehead atoms. The van der Waals surface area contributed by atoms with Crippen LogP contribution < -0.4 is 0 Å². The van der Waals surface area contributed by atoms with E-state index in [9.17, 15) is 9.59 Å². The molecule has 6 heteroatoms. The van der Waals surface area contributed by atoms with Crippen LogP contribution in [-0.2, 0) is 16.0 Å². The number of hydrogen-bond donors (Lipinski definition) is 0. The van der Waals surface area contributed by atoms with Crippen LogP contribution in [-0.4, -0.2) is 22.8 Å². The summed E-state index contributed by atoms with van der Waals surface area (Å²) in [6.45, 7) is 5.42. The van der Waals surface area contributed by atoms with Gasteiger partial charge in [-0.25, -0.2) is 4.98 Å². The molecule has 0 unspecified atom stereocenters. The van der Waals surface area contributed by atoms with Crippen molar-refractivity contribution in [1.29, 1.82) is 0 Å². The first-order valence-corrected chi connectivity index (χ1v) is 10.0. The van der Waals surface area contributed by atoms with Crippen LogP contribution in [0.1, 0.15) is 34.1 Å². The molecule has 0 saturated carbocycles. The predicted molar refractivity (Wildman–Crippen MR) is 105 cm³/mol. The van der Waals surface area contributed by atoms with Crippen LogP contribution in [0.3, 0.4) is 0 Å². The largest absolute Gasteiger partial charge is 0.454 e. The maximum absolute atomic E-state index is 12.6. The average Bonchev–Trinajstić information content (AvgIpc) is 3.27. The number of hydrogen-bond acceptors (Lipinski definition) is 6. The summed E-state index contributed by atoms with van der Waals surface area (Å²) in [4.78, 5) is 29.2. The van der Waals surface area contributed by atoms with E-state index in [0.29, 0.717) is 11.3 Å². The summed E-state index contributed by atoms with van der Waals surface area (Å²) in [5.41, 5.74) is 4.19. The number of esters is 1. The molecule has 3 rings (SSSR count). The zero-order valence-corrected chi connectivity index (χ0v) is 16.4. The van der Waals surface area contributed by atoms with Crippen molar-refractivity contribution >= 4 is 34.4 Å². The highest BCUT2D eigenvalue weighted by Gasteiger charge is 2.22. The van der Waals surface area contributed by atoms with Gasteiger partial charge in [-0.05, 0) is 43.8 Å². The van der Waals surface area contributed by atoms with E-state index in [0.717, 1.165) is 21.7 Å². The fourth-order valence-electron chi connectivity index (χ4n) is 2.57. The van der Waals surface area contributed by atoms with E-state index in [1.54, 1.807) is 18.3 Å². The zero-order valence-electron chi connectivity index (χ0n) is 14.8. The Kier molecular flexibility index (Phi) is 5.64. The lowest BCUT2D eigenvalue weighted by Gasteiger charge is -2.14. The summed E-state index contributed by atoms with van der Waals surface area (Å²) >= 11 is 3.10. The van der Waals surface area contributed by atoms with Gasteiger partial charge in [0.25, 0.3) is 0 Å². The highest BCUT2D eigenvalue weighted by molar-refractivity contribution is 7.14. The maximum atomic E-state index is 12.6. The van der Waals surface area contributed by atoms with Gasteiger partial charge in [-0.2, -0.15) is 11.3 Å². The van der Waals surface area contributed by atoms with E-state index in [1.807, 2.05) is 54.3 Å². The zero-order chi connectivity index (χ0) is 18.7. The lowest BCUT2D eigenvalue weighted by Crippen LogP contribution is -2.26. The van der Waals surface area contributed by atoms with Gasteiger partial charge in [0, 0.05) is 21.9 Å². The smallest absolute Gasteiger partial charge is 0.312 e. The van der Waals surface area contributed by atoms with Gasteiger partial charge in [-0.3, -0.25) is 9.59 Å². The maximum Gasteiger partial charge on any atom is 0.312 e. The molecule has 3 aromatic rings. The van der Waals surface area contributed by atoms with E-state index in [4.69, 9.17) is 4.74 Å². The van der Waals surface area contributed by atoms with Crippen molar-refractivity contribution in [2.45, 2.75) is 33.3 Å². The molecule has 0 aliphatic carbocycles. The Hall–Kier alpha value is -2.31. The second-order valence-corrected chi connectivity index (χ2v) is 7.79. The first-order chi connectivity index (χ1) is 12.4. The van der Waals surface area contributed by atoms with Gasteiger partial charge in [0.1, 0.15) is 5.01 Å². The molecule has 1 atom stereocenters. The van der Waals surface area contributed by atoms with Crippen molar-refractivity contribution in [3.8, 4) is 10.6 Å². The van der Waals surface area contributed by atoms with Crippen LogP contribution in [0.4, 0.5) is 0 Å². The van der Waals surface area contributed by atoms with E-state index in [2.05, 4.69) is 4.98 Å². The average molecular weight is 386 g/mol. The number of carbonyl (C=O) groups is 2. The lowest BCUT2D eigenvalue weighted by molar-refractivity contribution is -0.145. The van der Waals surface area contributed by atoms with E-state index in [1.165, 1.54) is 11.3 Å². The molecular weight excluding hydrogens is 366 g/mol. The van der Waals surface area contributed by atoms with Gasteiger partial charge in [0.05, 0.1) is 12.1 Å². The number of ether oxygens (including phenoxy) is 1. The summed E-state index contributed by atoms with van der Waals surface area (Å²) in [7, 11) is 0. The topological polar surface area (TPSA) is 56.3 Å². The molecule has 134 valence electrons. The highest BCUT2D eigenvalue weighted by atomic mass is 32.1. The third-order valence-electron chi connectivity index (χ3n) is 3.98. The molecule has 26 heavy (non-hydrogen) atoms. The fourth-order valence-corrected chi connectivity index (χ4v) is 4.10. The molecule has 0 fully saturated rings. The minimum Gasteiger partial charge on any atom is -0.454 e. The molecule has 0 radical (unpaired) electrons. The normalized spacial score (nSPS) is 12.0. The number of rotatable bonds is 6. The van der Waals surface area contributed by atoms with E-state index < -0.39 is 12.1 Å². The Morgan fingerprint density at radius 3 is 2.73 bits per heavy atom. The molecule has 0 aliphatic rings. The molecule has 0 aliphatic heterocycles. The predicted octanol–water partition coefficient (Wildman–Crippen LogP) is 4.85. The molecule has 0 spiro atoms. The summed E-state index contributed by atoms with van der Waals surface area (Å²) in [6, 6.07) is 7.68. The van der Waals surface area contributed by atoms with Gasteiger partial charge in [-0.1, -0.05) is 17.7 Å².